The minimum Gasteiger partial charge on any atom is -0.756 e. The molecule has 0 aliphatic heterocycles. The number of carbonyl (C=O) groups is 2. The van der Waals surface area contributed by atoms with Crippen LogP contribution in [0.4, 0.5) is 0 Å². The van der Waals surface area contributed by atoms with Crippen molar-refractivity contribution < 1.29 is 42.1 Å². The van der Waals surface area contributed by atoms with Crippen LogP contribution in [0.1, 0.15) is 39.5 Å². The molecule has 0 radical (unpaired) electrons. The predicted molar refractivity (Wildman–Crippen MR) is 93.1 cm³/mol. The van der Waals surface area contributed by atoms with Crippen LogP contribution in [0.25, 0.3) is 0 Å². The van der Waals surface area contributed by atoms with Gasteiger partial charge in [0, 0.05) is 12.8 Å². The van der Waals surface area contributed by atoms with E-state index in [1.165, 1.54) is 0 Å². The number of quaternary nitrogens is 1. The normalized spacial score (nSPS) is 15.2. The Morgan fingerprint density at radius 3 is 2.12 bits per heavy atom. The third kappa shape index (κ3) is 14.2. The Bertz CT molecular complexity index is 477. The van der Waals surface area contributed by atoms with Crippen LogP contribution in [0, 0.1) is 0 Å². The van der Waals surface area contributed by atoms with Crippen molar-refractivity contribution in [1.29, 1.82) is 0 Å². The standard InChI is InChI=1S/C16H32NO8P/c1-6-8-15(18)22-12-14(25-16(19)9-7-2)13-24-26(20,21)23-11-10-17(3,4)5/h14H,6-13H2,1-5H3/t14-/m1/s1. The number of rotatable bonds is 14. The van der Waals surface area contributed by atoms with Crippen molar-refractivity contribution >= 4 is 19.8 Å². The summed E-state index contributed by atoms with van der Waals surface area (Å²) in [4.78, 5) is 34.9. The lowest BCUT2D eigenvalue weighted by Gasteiger charge is -2.28. The molecule has 2 atom stereocenters. The van der Waals surface area contributed by atoms with E-state index < -0.39 is 32.5 Å². The van der Waals surface area contributed by atoms with Crippen molar-refractivity contribution in [3.05, 3.63) is 0 Å². The fourth-order valence-corrected chi connectivity index (χ4v) is 2.39. The van der Waals surface area contributed by atoms with Gasteiger partial charge in [0.15, 0.2) is 6.10 Å². The van der Waals surface area contributed by atoms with Gasteiger partial charge in [-0.2, -0.15) is 0 Å². The first-order valence-corrected chi connectivity index (χ1v) is 10.2. The molecule has 0 heterocycles. The Morgan fingerprint density at radius 1 is 1.00 bits per heavy atom. The third-order valence-corrected chi connectivity index (χ3v) is 4.03. The Hall–Kier alpha value is -0.990. The Morgan fingerprint density at radius 2 is 1.58 bits per heavy atom. The van der Waals surface area contributed by atoms with Crippen molar-refractivity contribution in [3.8, 4) is 0 Å². The number of nitrogens with zero attached hydrogens (tertiary/aromatic N) is 1. The highest BCUT2D eigenvalue weighted by molar-refractivity contribution is 7.45. The van der Waals surface area contributed by atoms with Crippen molar-refractivity contribution in [2.24, 2.45) is 0 Å². The lowest BCUT2D eigenvalue weighted by atomic mass is 10.3. The molecule has 0 aromatic heterocycles. The zero-order valence-corrected chi connectivity index (χ0v) is 17.3. The fourth-order valence-electron chi connectivity index (χ4n) is 1.67. The number of ether oxygens (including phenoxy) is 2. The molecule has 0 aromatic carbocycles. The van der Waals surface area contributed by atoms with Gasteiger partial charge in [-0.3, -0.25) is 14.2 Å². The van der Waals surface area contributed by atoms with E-state index in [2.05, 4.69) is 0 Å². The maximum atomic E-state index is 11.8. The third-order valence-electron chi connectivity index (χ3n) is 3.07. The summed E-state index contributed by atoms with van der Waals surface area (Å²) in [5, 5.41) is 0. The number of likely N-dealkylation sites (N-methyl/N-ethyl adjacent to an activating group) is 1. The first-order chi connectivity index (χ1) is 12.0. The van der Waals surface area contributed by atoms with Crippen LogP contribution in [-0.2, 0) is 32.7 Å². The molecule has 0 aliphatic carbocycles. The Balaban J connectivity index is 4.55. The van der Waals surface area contributed by atoms with E-state index >= 15 is 0 Å². The van der Waals surface area contributed by atoms with E-state index in [1.54, 1.807) is 6.92 Å². The van der Waals surface area contributed by atoms with Crippen molar-refractivity contribution in [2.45, 2.75) is 45.6 Å². The summed E-state index contributed by atoms with van der Waals surface area (Å²) < 4.78 is 32.0. The first kappa shape index (κ1) is 25.0. The van der Waals surface area contributed by atoms with E-state index in [-0.39, 0.29) is 26.1 Å². The Labute approximate surface area is 155 Å². The summed E-state index contributed by atoms with van der Waals surface area (Å²) in [5.41, 5.74) is 0. The van der Waals surface area contributed by atoms with Crippen LogP contribution in [-0.4, -0.2) is 70.0 Å². The number of esters is 2. The van der Waals surface area contributed by atoms with E-state index in [0.717, 1.165) is 0 Å². The monoisotopic (exact) mass is 397 g/mol. The maximum absolute atomic E-state index is 11.8. The molecular weight excluding hydrogens is 365 g/mol. The van der Waals surface area contributed by atoms with Gasteiger partial charge in [0.25, 0.3) is 7.82 Å². The molecule has 0 N–H and O–H groups in total. The summed E-state index contributed by atoms with van der Waals surface area (Å²) >= 11 is 0. The van der Waals surface area contributed by atoms with Gasteiger partial charge in [-0.15, -0.1) is 0 Å². The summed E-state index contributed by atoms with van der Waals surface area (Å²) in [6.07, 6.45) is 0.583. The van der Waals surface area contributed by atoms with Gasteiger partial charge in [-0.1, -0.05) is 13.8 Å². The average molecular weight is 397 g/mol. The molecule has 26 heavy (non-hydrogen) atoms. The van der Waals surface area contributed by atoms with E-state index in [1.807, 2.05) is 28.1 Å². The van der Waals surface area contributed by atoms with Crippen LogP contribution in [0.5, 0.6) is 0 Å². The molecular formula is C16H32NO8P. The van der Waals surface area contributed by atoms with Gasteiger partial charge in [-0.05, 0) is 12.8 Å². The predicted octanol–water partition coefficient (Wildman–Crippen LogP) is 1.25. The number of hydrogen-bond acceptors (Lipinski definition) is 8. The fraction of sp³-hybridized carbons (Fsp3) is 0.875. The van der Waals surface area contributed by atoms with Gasteiger partial charge in [0.05, 0.1) is 27.7 Å². The second-order valence-corrected chi connectivity index (χ2v) is 8.30. The molecule has 0 aliphatic rings. The summed E-state index contributed by atoms with van der Waals surface area (Å²) in [5.74, 6) is -0.965. The highest BCUT2D eigenvalue weighted by Crippen LogP contribution is 2.38. The van der Waals surface area contributed by atoms with Gasteiger partial charge in [0.1, 0.15) is 19.8 Å². The minimum atomic E-state index is -4.54. The number of carbonyl (C=O) groups excluding carboxylic acids is 2. The molecule has 1 unspecified atom stereocenters. The number of hydrogen-bond donors (Lipinski definition) is 0. The highest BCUT2D eigenvalue weighted by atomic mass is 31.2. The summed E-state index contributed by atoms with van der Waals surface area (Å²) in [7, 11) is 1.15. The second kappa shape index (κ2) is 12.4. The lowest BCUT2D eigenvalue weighted by Crippen LogP contribution is -2.37. The molecule has 0 saturated carbocycles. The number of phosphoric ester groups is 1. The Kier molecular flexibility index (Phi) is 11.9. The highest BCUT2D eigenvalue weighted by Gasteiger charge is 2.21. The van der Waals surface area contributed by atoms with Crippen molar-refractivity contribution in [1.82, 2.24) is 0 Å². The average Bonchev–Trinajstić information content (AvgIpc) is 2.49. The smallest absolute Gasteiger partial charge is 0.306 e. The van der Waals surface area contributed by atoms with Crippen LogP contribution < -0.4 is 4.89 Å². The number of phosphoric acid groups is 1. The topological polar surface area (TPSA) is 111 Å². The van der Waals surface area contributed by atoms with Gasteiger partial charge >= 0.3 is 11.9 Å². The minimum absolute atomic E-state index is 0.0317. The molecule has 0 amide bonds. The van der Waals surface area contributed by atoms with Crippen LogP contribution in [0.2, 0.25) is 0 Å². The zero-order valence-electron chi connectivity index (χ0n) is 16.4. The SMILES string of the molecule is CCCC(=O)OC[C@H](COP(=O)([O-])OCC[N+](C)(C)C)OC(=O)CCC. The van der Waals surface area contributed by atoms with Crippen LogP contribution >= 0.6 is 7.82 Å². The largest absolute Gasteiger partial charge is 0.756 e. The molecule has 0 saturated heterocycles. The zero-order chi connectivity index (χ0) is 20.2. The second-order valence-electron chi connectivity index (χ2n) is 6.89. The molecule has 0 spiro atoms. The van der Waals surface area contributed by atoms with E-state index in [4.69, 9.17) is 18.5 Å². The molecule has 154 valence electrons. The van der Waals surface area contributed by atoms with Crippen LogP contribution in [0.3, 0.4) is 0 Å². The van der Waals surface area contributed by atoms with Crippen molar-refractivity contribution in [2.75, 3.05) is 47.5 Å². The maximum Gasteiger partial charge on any atom is 0.306 e. The molecule has 0 fully saturated rings. The van der Waals surface area contributed by atoms with Crippen LogP contribution in [0.15, 0.2) is 0 Å². The first-order valence-electron chi connectivity index (χ1n) is 8.74. The quantitative estimate of drug-likeness (QED) is 0.245. The van der Waals surface area contributed by atoms with E-state index in [9.17, 15) is 19.0 Å². The summed E-state index contributed by atoms with van der Waals surface area (Å²) in [6.45, 7) is 3.33. The van der Waals surface area contributed by atoms with Crippen molar-refractivity contribution in [3.63, 3.8) is 0 Å². The lowest BCUT2D eigenvalue weighted by molar-refractivity contribution is -0.870. The summed E-state index contributed by atoms with van der Waals surface area (Å²) in [6, 6.07) is 0. The van der Waals surface area contributed by atoms with Gasteiger partial charge in [-0.25, -0.2) is 0 Å². The van der Waals surface area contributed by atoms with Gasteiger partial charge in [0.2, 0.25) is 0 Å². The molecule has 9 nitrogen and oxygen atoms in total. The van der Waals surface area contributed by atoms with E-state index in [0.29, 0.717) is 23.9 Å². The molecule has 0 rings (SSSR count). The molecule has 0 bridgehead atoms. The molecule has 0 aromatic rings. The van der Waals surface area contributed by atoms with Gasteiger partial charge < -0.3 is 27.9 Å². The molecule has 10 heteroatoms.